The Morgan fingerprint density at radius 2 is 2.05 bits per heavy atom. The van der Waals surface area contributed by atoms with Gasteiger partial charge in [0.25, 0.3) is 0 Å². The number of carbonyl (C=O) groups is 1. The number of likely N-dealkylation sites (N-methyl/N-ethyl adjacent to an activating group) is 1. The number of ether oxygens (including phenoxy) is 1. The molecule has 1 rings (SSSR count). The van der Waals surface area contributed by atoms with Crippen LogP contribution in [0.3, 0.4) is 0 Å². The Hall–Kier alpha value is -1.75. The van der Waals surface area contributed by atoms with E-state index in [4.69, 9.17) is 10.5 Å². The van der Waals surface area contributed by atoms with Gasteiger partial charge in [-0.05, 0) is 26.6 Å². The molecule has 5 heteroatoms. The van der Waals surface area contributed by atoms with Crippen molar-refractivity contribution in [2.75, 3.05) is 41.3 Å². The zero-order valence-electron chi connectivity index (χ0n) is 12.1. The van der Waals surface area contributed by atoms with E-state index >= 15 is 0 Å². The van der Waals surface area contributed by atoms with Crippen molar-refractivity contribution in [1.29, 1.82) is 0 Å². The van der Waals surface area contributed by atoms with Crippen molar-refractivity contribution in [2.45, 2.75) is 6.42 Å². The van der Waals surface area contributed by atoms with Crippen LogP contribution < -0.4 is 5.73 Å². The first-order chi connectivity index (χ1) is 8.93. The second kappa shape index (κ2) is 6.99. The number of nitrogens with zero attached hydrogens (tertiary/aromatic N) is 2. The van der Waals surface area contributed by atoms with E-state index in [-0.39, 0.29) is 0 Å². The summed E-state index contributed by atoms with van der Waals surface area (Å²) in [7, 11) is 7.78. The molecular weight excluding hydrogens is 242 g/mol. The quantitative estimate of drug-likeness (QED) is 0.719. The molecule has 106 valence electrons. The molecule has 0 saturated carbocycles. The standard InChI is InChI=1S/C14H23N3O2/c1-16(2)9-10-19-14(17(3)4)12-8-6-5-7-11(12)13(15)18/h5-7H,8-10H2,1-4H3,(H2,15,18). The van der Waals surface area contributed by atoms with E-state index in [2.05, 4.69) is 0 Å². The Kier molecular flexibility index (Phi) is 5.63. The van der Waals surface area contributed by atoms with Crippen molar-refractivity contribution in [1.82, 2.24) is 9.80 Å². The number of rotatable bonds is 6. The average Bonchev–Trinajstić information content (AvgIpc) is 2.34. The summed E-state index contributed by atoms with van der Waals surface area (Å²) in [6, 6.07) is 0. The van der Waals surface area contributed by atoms with Crippen molar-refractivity contribution in [3.8, 4) is 0 Å². The maximum absolute atomic E-state index is 11.5. The second-order valence-corrected chi connectivity index (χ2v) is 4.91. The predicted octanol–water partition coefficient (Wildman–Crippen LogP) is 0.709. The van der Waals surface area contributed by atoms with Crippen LogP contribution >= 0.6 is 0 Å². The van der Waals surface area contributed by atoms with Crippen LogP contribution in [0.25, 0.3) is 0 Å². The van der Waals surface area contributed by atoms with Gasteiger partial charge in [0, 0.05) is 31.8 Å². The number of nitrogens with two attached hydrogens (primary N) is 1. The first kappa shape index (κ1) is 15.3. The van der Waals surface area contributed by atoms with Crippen molar-refractivity contribution in [3.63, 3.8) is 0 Å². The van der Waals surface area contributed by atoms with Crippen LogP contribution in [0.2, 0.25) is 0 Å². The van der Waals surface area contributed by atoms with E-state index in [9.17, 15) is 4.79 Å². The first-order valence-corrected chi connectivity index (χ1v) is 6.28. The van der Waals surface area contributed by atoms with Crippen LogP contribution in [0.15, 0.2) is 35.3 Å². The van der Waals surface area contributed by atoms with Crippen LogP contribution in [0.5, 0.6) is 0 Å². The highest BCUT2D eigenvalue weighted by molar-refractivity contribution is 5.97. The van der Waals surface area contributed by atoms with Gasteiger partial charge in [-0.15, -0.1) is 0 Å². The van der Waals surface area contributed by atoms with Crippen molar-refractivity contribution >= 4 is 5.91 Å². The lowest BCUT2D eigenvalue weighted by Crippen LogP contribution is -2.25. The Labute approximate surface area is 115 Å². The van der Waals surface area contributed by atoms with Gasteiger partial charge >= 0.3 is 0 Å². The molecule has 0 fully saturated rings. The highest BCUT2D eigenvalue weighted by Gasteiger charge is 2.19. The molecular formula is C14H23N3O2. The molecule has 19 heavy (non-hydrogen) atoms. The summed E-state index contributed by atoms with van der Waals surface area (Å²) in [6.07, 6.45) is 6.22. The molecule has 5 nitrogen and oxygen atoms in total. The number of primary amides is 1. The highest BCUT2D eigenvalue weighted by atomic mass is 16.5. The zero-order chi connectivity index (χ0) is 14.4. The third kappa shape index (κ3) is 4.44. The van der Waals surface area contributed by atoms with Gasteiger partial charge in [-0.2, -0.15) is 0 Å². The SMILES string of the molecule is CN(C)CCOC(=C1CC=CC=C1C(N)=O)N(C)C. The number of allylic oxidation sites excluding steroid dienone is 3. The Morgan fingerprint density at radius 1 is 1.37 bits per heavy atom. The first-order valence-electron chi connectivity index (χ1n) is 6.28. The maximum Gasteiger partial charge on any atom is 0.249 e. The molecule has 0 atom stereocenters. The lowest BCUT2D eigenvalue weighted by atomic mass is 9.97. The zero-order valence-corrected chi connectivity index (χ0v) is 12.1. The predicted molar refractivity (Wildman–Crippen MR) is 76.3 cm³/mol. The second-order valence-electron chi connectivity index (χ2n) is 4.91. The minimum Gasteiger partial charge on any atom is -0.477 e. The van der Waals surface area contributed by atoms with E-state index < -0.39 is 5.91 Å². The van der Waals surface area contributed by atoms with Crippen LogP contribution in [-0.4, -0.2) is 57.0 Å². The van der Waals surface area contributed by atoms with Crippen LogP contribution in [0.1, 0.15) is 6.42 Å². The number of carbonyl (C=O) groups excluding carboxylic acids is 1. The Morgan fingerprint density at radius 3 is 2.58 bits per heavy atom. The Bertz CT molecular complexity index is 420. The van der Waals surface area contributed by atoms with E-state index in [0.29, 0.717) is 24.5 Å². The van der Waals surface area contributed by atoms with Gasteiger partial charge in [-0.1, -0.05) is 12.2 Å². The van der Waals surface area contributed by atoms with Gasteiger partial charge in [0.15, 0.2) is 5.88 Å². The average molecular weight is 265 g/mol. The fourth-order valence-corrected chi connectivity index (χ4v) is 1.81. The number of hydrogen-bond donors (Lipinski definition) is 1. The molecule has 0 heterocycles. The van der Waals surface area contributed by atoms with Crippen LogP contribution in [0, 0.1) is 0 Å². The summed E-state index contributed by atoms with van der Waals surface area (Å²) in [5, 5.41) is 0. The van der Waals surface area contributed by atoms with Gasteiger partial charge in [0.05, 0.1) is 0 Å². The monoisotopic (exact) mass is 265 g/mol. The molecule has 0 saturated heterocycles. The van der Waals surface area contributed by atoms with E-state index in [1.54, 1.807) is 6.08 Å². The summed E-state index contributed by atoms with van der Waals surface area (Å²) in [6.45, 7) is 1.38. The summed E-state index contributed by atoms with van der Waals surface area (Å²) in [4.78, 5) is 15.4. The molecule has 0 aromatic rings. The van der Waals surface area contributed by atoms with Crippen LogP contribution in [-0.2, 0) is 9.53 Å². The number of hydrogen-bond acceptors (Lipinski definition) is 4. The molecule has 0 bridgehead atoms. The van der Waals surface area contributed by atoms with E-state index in [1.807, 2.05) is 50.1 Å². The molecule has 0 radical (unpaired) electrons. The number of amides is 1. The minimum absolute atomic E-state index is 0.421. The van der Waals surface area contributed by atoms with Crippen molar-refractivity contribution < 1.29 is 9.53 Å². The molecule has 2 N–H and O–H groups in total. The smallest absolute Gasteiger partial charge is 0.249 e. The largest absolute Gasteiger partial charge is 0.477 e. The maximum atomic E-state index is 11.5. The van der Waals surface area contributed by atoms with Gasteiger partial charge in [-0.3, -0.25) is 4.79 Å². The topological polar surface area (TPSA) is 58.8 Å². The molecule has 0 aromatic carbocycles. The van der Waals surface area contributed by atoms with Crippen LogP contribution in [0.4, 0.5) is 0 Å². The van der Waals surface area contributed by atoms with Crippen molar-refractivity contribution in [3.05, 3.63) is 35.3 Å². The van der Waals surface area contributed by atoms with Gasteiger partial charge in [0.2, 0.25) is 5.91 Å². The highest BCUT2D eigenvalue weighted by Crippen LogP contribution is 2.24. The fourth-order valence-electron chi connectivity index (χ4n) is 1.81. The van der Waals surface area contributed by atoms with E-state index in [1.165, 1.54) is 0 Å². The minimum atomic E-state index is -0.421. The fraction of sp³-hybridized carbons (Fsp3) is 0.500. The summed E-state index contributed by atoms with van der Waals surface area (Å²) in [5.74, 6) is 0.283. The normalized spacial score (nSPS) is 17.2. The molecule has 0 aromatic heterocycles. The summed E-state index contributed by atoms with van der Waals surface area (Å²) >= 11 is 0. The molecule has 0 unspecified atom stereocenters. The molecule has 1 amide bonds. The molecule has 1 aliphatic carbocycles. The lowest BCUT2D eigenvalue weighted by Gasteiger charge is -2.24. The molecule has 0 aliphatic heterocycles. The lowest BCUT2D eigenvalue weighted by molar-refractivity contribution is -0.114. The molecule has 0 spiro atoms. The summed E-state index contributed by atoms with van der Waals surface area (Å²) in [5.41, 5.74) is 6.79. The van der Waals surface area contributed by atoms with Gasteiger partial charge < -0.3 is 20.3 Å². The van der Waals surface area contributed by atoms with Gasteiger partial charge in [0.1, 0.15) is 6.61 Å². The third-order valence-electron chi connectivity index (χ3n) is 2.75. The van der Waals surface area contributed by atoms with E-state index in [0.717, 1.165) is 12.1 Å². The molecule has 1 aliphatic rings. The third-order valence-corrected chi connectivity index (χ3v) is 2.75. The van der Waals surface area contributed by atoms with Crippen molar-refractivity contribution in [2.24, 2.45) is 5.73 Å². The Balaban J connectivity index is 2.94. The summed E-state index contributed by atoms with van der Waals surface area (Å²) < 4.78 is 5.82. The van der Waals surface area contributed by atoms with Gasteiger partial charge in [-0.25, -0.2) is 0 Å².